The highest BCUT2D eigenvalue weighted by molar-refractivity contribution is 5.93. The summed E-state index contributed by atoms with van der Waals surface area (Å²) in [4.78, 5) is 23.1. The molecule has 6 nitrogen and oxygen atoms in total. The summed E-state index contributed by atoms with van der Waals surface area (Å²) in [6.07, 6.45) is 3.01. The number of carbonyl (C=O) groups is 1. The van der Waals surface area contributed by atoms with Gasteiger partial charge in [0.15, 0.2) is 0 Å². The van der Waals surface area contributed by atoms with Crippen LogP contribution in [-0.2, 0) is 4.74 Å². The number of hydrogen-bond donors (Lipinski definition) is 1. The monoisotopic (exact) mass is 340 g/mol. The molecule has 2 atom stereocenters. The predicted molar refractivity (Wildman–Crippen MR) is 96.4 cm³/mol. The average molecular weight is 340 g/mol. The van der Waals surface area contributed by atoms with Gasteiger partial charge in [-0.15, -0.1) is 0 Å². The summed E-state index contributed by atoms with van der Waals surface area (Å²) >= 11 is 0. The summed E-state index contributed by atoms with van der Waals surface area (Å²) in [5.74, 6) is 0.767. The molecule has 0 radical (unpaired) electrons. The van der Waals surface area contributed by atoms with Crippen LogP contribution in [-0.4, -0.2) is 47.0 Å². The Labute approximate surface area is 148 Å². The lowest BCUT2D eigenvalue weighted by molar-refractivity contribution is -0.0954. The molecule has 1 aliphatic heterocycles. The van der Waals surface area contributed by atoms with E-state index in [1.807, 2.05) is 35.2 Å². The van der Waals surface area contributed by atoms with E-state index in [9.17, 15) is 4.79 Å². The summed E-state index contributed by atoms with van der Waals surface area (Å²) in [6, 6.07) is 10.1. The summed E-state index contributed by atoms with van der Waals surface area (Å²) < 4.78 is 6.25. The lowest BCUT2D eigenvalue weighted by Gasteiger charge is -2.40. The maximum Gasteiger partial charge on any atom is 0.257 e. The molecule has 1 aliphatic rings. The maximum atomic E-state index is 12.9. The van der Waals surface area contributed by atoms with Crippen LogP contribution in [0, 0.1) is 5.92 Å². The standard InChI is InChI=1S/C19H24N4O2/c1-13(2)16-11-23(12-17(25-16)14-7-5-4-6-8-14)18(24)15-9-21-19(20-3)22-10-15/h4-10,13,16-17H,11-12H2,1-3H3,(H,20,21,22)/t16-,17+/m1/s1. The van der Waals surface area contributed by atoms with Gasteiger partial charge in [-0.2, -0.15) is 0 Å². The van der Waals surface area contributed by atoms with Gasteiger partial charge in [0.25, 0.3) is 5.91 Å². The number of anilines is 1. The van der Waals surface area contributed by atoms with Crippen LogP contribution in [0.25, 0.3) is 0 Å². The Kier molecular flexibility index (Phi) is 5.28. The minimum Gasteiger partial charge on any atom is -0.366 e. The molecule has 0 bridgehead atoms. The van der Waals surface area contributed by atoms with E-state index in [-0.39, 0.29) is 18.1 Å². The highest BCUT2D eigenvalue weighted by Gasteiger charge is 2.33. The third kappa shape index (κ3) is 3.96. The smallest absolute Gasteiger partial charge is 0.257 e. The normalized spacial score (nSPS) is 20.6. The number of carbonyl (C=O) groups excluding carboxylic acids is 1. The average Bonchev–Trinajstić information content (AvgIpc) is 2.67. The summed E-state index contributed by atoms with van der Waals surface area (Å²) in [7, 11) is 1.75. The first kappa shape index (κ1) is 17.4. The zero-order chi connectivity index (χ0) is 17.8. The van der Waals surface area contributed by atoms with Crippen LogP contribution in [0.3, 0.4) is 0 Å². The van der Waals surface area contributed by atoms with Gasteiger partial charge in [0.2, 0.25) is 5.95 Å². The van der Waals surface area contributed by atoms with Crippen molar-refractivity contribution in [1.82, 2.24) is 14.9 Å². The molecule has 3 rings (SSSR count). The van der Waals surface area contributed by atoms with Crippen LogP contribution in [0.15, 0.2) is 42.7 Å². The number of hydrogen-bond acceptors (Lipinski definition) is 5. The van der Waals surface area contributed by atoms with Crippen molar-refractivity contribution in [3.8, 4) is 0 Å². The topological polar surface area (TPSA) is 67.4 Å². The fraction of sp³-hybridized carbons (Fsp3) is 0.421. The van der Waals surface area contributed by atoms with Crippen molar-refractivity contribution < 1.29 is 9.53 Å². The fourth-order valence-corrected chi connectivity index (χ4v) is 2.92. The molecule has 1 aromatic carbocycles. The molecule has 0 spiro atoms. The van der Waals surface area contributed by atoms with Crippen LogP contribution in [0.5, 0.6) is 0 Å². The molecule has 2 heterocycles. The van der Waals surface area contributed by atoms with Crippen molar-refractivity contribution in [2.24, 2.45) is 5.92 Å². The van der Waals surface area contributed by atoms with Gasteiger partial charge >= 0.3 is 0 Å². The molecule has 0 aliphatic carbocycles. The molecule has 2 aromatic rings. The number of ether oxygens (including phenoxy) is 1. The quantitative estimate of drug-likeness (QED) is 0.927. The predicted octanol–water partition coefficient (Wildman–Crippen LogP) is 2.76. The SMILES string of the molecule is CNc1ncc(C(=O)N2C[C@@H](c3ccccc3)O[C@@H](C(C)C)C2)cn1. The van der Waals surface area contributed by atoms with Crippen LogP contribution < -0.4 is 5.32 Å². The van der Waals surface area contributed by atoms with Crippen LogP contribution >= 0.6 is 0 Å². The number of nitrogens with zero attached hydrogens (tertiary/aromatic N) is 3. The summed E-state index contributed by atoms with van der Waals surface area (Å²) in [5, 5.41) is 2.86. The molecule has 1 amide bonds. The van der Waals surface area contributed by atoms with Crippen LogP contribution in [0.2, 0.25) is 0 Å². The third-order valence-corrected chi connectivity index (χ3v) is 4.45. The first-order chi connectivity index (χ1) is 12.1. The van der Waals surface area contributed by atoms with Crippen molar-refractivity contribution in [2.75, 3.05) is 25.5 Å². The second-order valence-electron chi connectivity index (χ2n) is 6.57. The Morgan fingerprint density at radius 2 is 1.88 bits per heavy atom. The molecular weight excluding hydrogens is 316 g/mol. The fourth-order valence-electron chi connectivity index (χ4n) is 2.92. The highest BCUT2D eigenvalue weighted by atomic mass is 16.5. The van der Waals surface area contributed by atoms with Gasteiger partial charge in [-0.1, -0.05) is 44.2 Å². The largest absolute Gasteiger partial charge is 0.366 e. The lowest BCUT2D eigenvalue weighted by atomic mass is 10.0. The molecule has 132 valence electrons. The molecule has 0 saturated carbocycles. The summed E-state index contributed by atoms with van der Waals surface area (Å²) in [6.45, 7) is 5.34. The van der Waals surface area contributed by atoms with E-state index >= 15 is 0 Å². The molecule has 1 aromatic heterocycles. The minimum absolute atomic E-state index is 0.000376. The van der Waals surface area contributed by atoms with Gasteiger partial charge in [0, 0.05) is 26.0 Å². The second-order valence-corrected chi connectivity index (χ2v) is 6.57. The number of amides is 1. The molecular formula is C19H24N4O2. The zero-order valence-corrected chi connectivity index (χ0v) is 14.8. The van der Waals surface area contributed by atoms with Gasteiger partial charge in [-0.25, -0.2) is 9.97 Å². The number of nitrogens with one attached hydrogen (secondary N) is 1. The van der Waals surface area contributed by atoms with Gasteiger partial charge < -0.3 is 15.0 Å². The first-order valence-electron chi connectivity index (χ1n) is 8.58. The molecule has 1 saturated heterocycles. The molecule has 1 N–H and O–H groups in total. The van der Waals surface area contributed by atoms with Gasteiger partial charge in [-0.3, -0.25) is 4.79 Å². The van der Waals surface area contributed by atoms with E-state index in [0.29, 0.717) is 30.5 Å². The minimum atomic E-state index is -0.121. The van der Waals surface area contributed by atoms with Crippen molar-refractivity contribution in [3.05, 3.63) is 53.9 Å². The maximum absolute atomic E-state index is 12.9. The van der Waals surface area contributed by atoms with Crippen LogP contribution in [0.1, 0.15) is 35.9 Å². The van der Waals surface area contributed by atoms with Crippen molar-refractivity contribution >= 4 is 11.9 Å². The molecule has 6 heteroatoms. The van der Waals surface area contributed by atoms with E-state index in [1.54, 1.807) is 19.4 Å². The van der Waals surface area contributed by atoms with Crippen molar-refractivity contribution in [2.45, 2.75) is 26.1 Å². The Balaban J connectivity index is 1.82. The first-order valence-corrected chi connectivity index (χ1v) is 8.58. The number of morpholine rings is 1. The molecule has 0 unspecified atom stereocenters. The highest BCUT2D eigenvalue weighted by Crippen LogP contribution is 2.28. The zero-order valence-electron chi connectivity index (χ0n) is 14.8. The Morgan fingerprint density at radius 3 is 2.48 bits per heavy atom. The van der Waals surface area contributed by atoms with Crippen LogP contribution in [0.4, 0.5) is 5.95 Å². The Morgan fingerprint density at radius 1 is 1.20 bits per heavy atom. The Hall–Kier alpha value is -2.47. The lowest BCUT2D eigenvalue weighted by Crippen LogP contribution is -2.48. The van der Waals surface area contributed by atoms with E-state index in [0.717, 1.165) is 5.56 Å². The Bertz CT molecular complexity index is 703. The van der Waals surface area contributed by atoms with Gasteiger partial charge in [0.1, 0.15) is 6.10 Å². The second kappa shape index (κ2) is 7.61. The van der Waals surface area contributed by atoms with Crippen molar-refractivity contribution in [1.29, 1.82) is 0 Å². The number of aromatic nitrogens is 2. The molecule has 25 heavy (non-hydrogen) atoms. The van der Waals surface area contributed by atoms with E-state index in [4.69, 9.17) is 4.74 Å². The van der Waals surface area contributed by atoms with E-state index in [2.05, 4.69) is 29.1 Å². The third-order valence-electron chi connectivity index (χ3n) is 4.45. The number of benzene rings is 1. The van der Waals surface area contributed by atoms with Gasteiger partial charge in [0.05, 0.1) is 18.2 Å². The number of rotatable bonds is 4. The van der Waals surface area contributed by atoms with Crippen molar-refractivity contribution in [3.63, 3.8) is 0 Å². The van der Waals surface area contributed by atoms with E-state index in [1.165, 1.54) is 0 Å². The van der Waals surface area contributed by atoms with E-state index < -0.39 is 0 Å². The molecule has 1 fully saturated rings. The summed E-state index contributed by atoms with van der Waals surface area (Å²) in [5.41, 5.74) is 1.59. The van der Waals surface area contributed by atoms with Gasteiger partial charge in [-0.05, 0) is 11.5 Å².